The number of hydrogen-bond donors (Lipinski definition) is 4. The molecule has 1 saturated heterocycles. The van der Waals surface area contributed by atoms with E-state index in [4.69, 9.17) is 19.7 Å². The Hall–Kier alpha value is -6.58. The quantitative estimate of drug-likeness (QED) is 0.0172. The van der Waals surface area contributed by atoms with Crippen molar-refractivity contribution in [1.29, 1.82) is 0 Å². The number of aliphatic hydroxyl groups is 2. The van der Waals surface area contributed by atoms with Crippen molar-refractivity contribution in [2.45, 2.75) is 263 Å². The Balaban J connectivity index is 0.000000796. The first-order valence-corrected chi connectivity index (χ1v) is 30.1. The van der Waals surface area contributed by atoms with Crippen molar-refractivity contribution < 1.29 is 73.0 Å². The highest BCUT2D eigenvalue weighted by molar-refractivity contribution is 6.24. The smallest absolute Gasteiger partial charge is 0.314 e. The van der Waals surface area contributed by atoms with Gasteiger partial charge in [-0.15, -0.1) is 0 Å². The highest BCUT2D eigenvalue weighted by Gasteiger charge is 2.31. The highest BCUT2D eigenvalue weighted by atomic mass is 16.6. The molecule has 1 aromatic carbocycles. The fourth-order valence-corrected chi connectivity index (χ4v) is 9.36. The minimum Gasteiger partial charge on any atom is -0.481 e. The summed E-state index contributed by atoms with van der Waals surface area (Å²) in [5.41, 5.74) is 10.6. The summed E-state index contributed by atoms with van der Waals surface area (Å²) in [5, 5.41) is 40.0. The van der Waals surface area contributed by atoms with Crippen LogP contribution in [0.3, 0.4) is 0 Å². The van der Waals surface area contributed by atoms with Gasteiger partial charge in [0.05, 0.1) is 49.7 Å². The molecule has 0 spiro atoms. The van der Waals surface area contributed by atoms with Gasteiger partial charge >= 0.3 is 35.8 Å². The number of carbonyl (C=O) groups is 8. The molecule has 4 N–H and O–H groups in total. The van der Waals surface area contributed by atoms with Crippen molar-refractivity contribution >= 4 is 47.4 Å². The molecule has 2 atom stereocenters. The molecule has 15 nitrogen and oxygen atoms in total. The number of ketones is 2. The van der Waals surface area contributed by atoms with Crippen molar-refractivity contribution in [2.75, 3.05) is 0 Å². The summed E-state index contributed by atoms with van der Waals surface area (Å²) >= 11 is 0. The second-order valence-corrected chi connectivity index (χ2v) is 24.1. The van der Waals surface area contributed by atoms with E-state index in [0.717, 1.165) is 57.8 Å². The number of hydrogen-bond acceptors (Lipinski definition) is 13. The maximum Gasteiger partial charge on any atom is 0.314 e. The van der Waals surface area contributed by atoms with Gasteiger partial charge in [0, 0.05) is 27.9 Å². The number of carboxylic acid groups (broad SMARTS) is 2. The number of benzene rings is 1. The van der Waals surface area contributed by atoms with E-state index in [9.17, 15) is 48.6 Å². The van der Waals surface area contributed by atoms with Gasteiger partial charge in [-0.05, 0) is 230 Å². The van der Waals surface area contributed by atoms with Gasteiger partial charge in [0.2, 0.25) is 0 Å². The van der Waals surface area contributed by atoms with Crippen LogP contribution in [0.15, 0.2) is 92.2 Å². The van der Waals surface area contributed by atoms with Crippen molar-refractivity contribution in [3.63, 3.8) is 0 Å². The third kappa shape index (κ3) is 31.4. The molecule has 1 fully saturated rings. The molecular weight excluding hydrogens is 1080 g/mol. The highest BCUT2D eigenvalue weighted by Crippen LogP contribution is 2.40. The fraction of sp³-hybridized carbons (Fsp3) is 0.571. The van der Waals surface area contributed by atoms with Crippen LogP contribution in [0, 0.1) is 20.8 Å². The molecule has 0 unspecified atom stereocenters. The van der Waals surface area contributed by atoms with Crippen molar-refractivity contribution in [1.82, 2.24) is 0 Å². The third-order valence-corrected chi connectivity index (χ3v) is 15.3. The van der Waals surface area contributed by atoms with Crippen LogP contribution in [0.2, 0.25) is 0 Å². The molecule has 2 aliphatic rings. The number of carbonyl (C=O) groups excluding carboxylic acids is 6. The summed E-state index contributed by atoms with van der Waals surface area (Å²) in [4.78, 5) is 91.8. The Kier molecular flexibility index (Phi) is 34.6. The average molecular weight is 1180 g/mol. The molecule has 3 rings (SSSR count). The maximum absolute atomic E-state index is 12.6. The van der Waals surface area contributed by atoms with E-state index in [2.05, 4.69) is 96.6 Å². The van der Waals surface area contributed by atoms with Crippen LogP contribution < -0.4 is 9.47 Å². The SMILES string of the molecule is CC(C)=CCC/C(C)=C/CC/C(C)=C/CC[C@@](C)(O)CCC1=C(C)C(=O)C(C)=C(C)C1=O.CC(C)=CCC/C(C)=C/CC/C(C)=C/CC[C@@](C)(O)CCc1c(C)c(OC(=O)CCC(=O)O)c(C)c(C)c1OC(=O)CCC(=O)O.O=C1CCC(=O)O1. The van der Waals surface area contributed by atoms with Gasteiger partial charge in [-0.1, -0.05) is 69.9 Å². The summed E-state index contributed by atoms with van der Waals surface area (Å²) < 4.78 is 15.3. The lowest BCUT2D eigenvalue weighted by Gasteiger charge is -2.26. The number of ether oxygens (including phenoxy) is 3. The molecule has 0 amide bonds. The standard InChI is InChI=1S/C37H54O9.C29H44O3.C4H4O3/c1-24(2)12-9-13-25(3)14-10-15-26(4)16-11-22-37(8,44)23-21-30-29(7)35(45-33(42)19-17-31(38)39)27(5)28(6)36(30)46-34(43)20-18-32(40)41;1-20(2)12-9-13-21(3)14-10-15-22(4)16-11-18-29(8,32)19-17-26-25(7)27(30)23(5)24(6)28(26)31;5-3-1-2-4(6)7-3/h12,14,16,44H,9-11,13,15,17-23H2,1-8H3,(H,38,39)(H,40,41);12,14,16,32H,9-11,13,15,17-19H2,1-8H3;1-2H2/b25-14+,26-16+;21-14+,22-16+;/t37-;29-;/m11./s1. The van der Waals surface area contributed by atoms with E-state index in [-0.39, 0.29) is 61.6 Å². The Bertz CT molecular complexity index is 2770. The Morgan fingerprint density at radius 2 is 0.800 bits per heavy atom. The predicted octanol–water partition coefficient (Wildman–Crippen LogP) is 15.4. The zero-order valence-corrected chi connectivity index (χ0v) is 54.3. The molecule has 0 saturated carbocycles. The van der Waals surface area contributed by atoms with E-state index < -0.39 is 47.0 Å². The lowest BCUT2D eigenvalue weighted by molar-refractivity contribution is -0.152. The van der Waals surface area contributed by atoms with E-state index >= 15 is 0 Å². The van der Waals surface area contributed by atoms with Crippen LogP contribution in [0.5, 0.6) is 11.5 Å². The molecule has 0 aromatic heterocycles. The third-order valence-electron chi connectivity index (χ3n) is 15.3. The second-order valence-electron chi connectivity index (χ2n) is 24.1. The molecule has 472 valence electrons. The first kappa shape index (κ1) is 76.4. The second kappa shape index (κ2) is 38.5. The van der Waals surface area contributed by atoms with Gasteiger partial charge in [0.1, 0.15) is 11.5 Å². The lowest BCUT2D eigenvalue weighted by atomic mass is 9.82. The molecule has 85 heavy (non-hydrogen) atoms. The van der Waals surface area contributed by atoms with Gasteiger partial charge in [-0.25, -0.2) is 0 Å². The lowest BCUT2D eigenvalue weighted by Crippen LogP contribution is -2.26. The number of rotatable bonds is 32. The van der Waals surface area contributed by atoms with E-state index in [1.807, 2.05) is 6.92 Å². The number of aliphatic carboxylic acids is 2. The van der Waals surface area contributed by atoms with Gasteiger partial charge in [0.15, 0.2) is 11.6 Å². The molecule has 0 bridgehead atoms. The van der Waals surface area contributed by atoms with E-state index in [1.54, 1.807) is 48.5 Å². The Morgan fingerprint density at radius 1 is 0.447 bits per heavy atom. The average Bonchev–Trinajstić information content (AvgIpc) is 3.83. The van der Waals surface area contributed by atoms with Crippen LogP contribution in [-0.4, -0.2) is 79.0 Å². The summed E-state index contributed by atoms with van der Waals surface area (Å²) in [6.07, 6.45) is 25.3. The van der Waals surface area contributed by atoms with Gasteiger partial charge < -0.3 is 34.6 Å². The maximum atomic E-state index is 12.6. The van der Waals surface area contributed by atoms with Gasteiger partial charge in [0.25, 0.3) is 0 Å². The van der Waals surface area contributed by atoms with Crippen LogP contribution in [0.25, 0.3) is 0 Å². The summed E-state index contributed by atoms with van der Waals surface area (Å²) in [7, 11) is 0. The van der Waals surface area contributed by atoms with Crippen LogP contribution in [0.1, 0.15) is 247 Å². The van der Waals surface area contributed by atoms with Crippen molar-refractivity contribution in [2.24, 2.45) is 0 Å². The first-order chi connectivity index (χ1) is 39.6. The van der Waals surface area contributed by atoms with E-state index in [0.29, 0.717) is 89.5 Å². The monoisotopic (exact) mass is 1180 g/mol. The molecule has 1 heterocycles. The van der Waals surface area contributed by atoms with Gasteiger partial charge in [-0.3, -0.25) is 38.4 Å². The minimum absolute atomic E-state index is 0.0449. The molecule has 1 aliphatic heterocycles. The Morgan fingerprint density at radius 3 is 1.18 bits per heavy atom. The zero-order chi connectivity index (χ0) is 64.8. The largest absolute Gasteiger partial charge is 0.481 e. The number of carboxylic acids is 2. The topological polar surface area (TPSA) is 245 Å². The number of cyclic esters (lactones) is 2. The van der Waals surface area contributed by atoms with Gasteiger partial charge in [-0.2, -0.15) is 0 Å². The summed E-state index contributed by atoms with van der Waals surface area (Å²) in [6, 6.07) is 0. The minimum atomic E-state index is -1.12. The van der Waals surface area contributed by atoms with Crippen LogP contribution in [-0.2, 0) is 49.5 Å². The summed E-state index contributed by atoms with van der Waals surface area (Å²) in [6.45, 7) is 31.0. The number of allylic oxidation sites excluding steroid dienone is 16. The normalized spacial score (nSPS) is 15.5. The first-order valence-electron chi connectivity index (χ1n) is 30.1. The van der Waals surface area contributed by atoms with E-state index in [1.165, 1.54) is 33.4 Å². The molecular formula is C70H102O15. The number of esters is 4. The molecule has 0 radical (unpaired) electrons. The fourth-order valence-electron chi connectivity index (χ4n) is 9.36. The van der Waals surface area contributed by atoms with Crippen LogP contribution >= 0.6 is 0 Å². The summed E-state index contributed by atoms with van der Waals surface area (Å²) in [5.74, 6) is -4.01. The van der Waals surface area contributed by atoms with Crippen molar-refractivity contribution in [3.05, 3.63) is 114 Å². The molecule has 1 aromatic rings. The predicted molar refractivity (Wildman–Crippen MR) is 335 cm³/mol. The molecule has 1 aliphatic carbocycles. The van der Waals surface area contributed by atoms with Crippen LogP contribution in [0.4, 0.5) is 0 Å². The number of Topliss-reactive ketones (excluding diaryl/α,β-unsaturated/α-hetero) is 2. The molecule has 15 heteroatoms. The van der Waals surface area contributed by atoms with Crippen molar-refractivity contribution in [3.8, 4) is 11.5 Å². The zero-order valence-electron chi connectivity index (χ0n) is 54.3. The Labute approximate surface area is 507 Å².